The second-order valence-corrected chi connectivity index (χ2v) is 7.92. The van der Waals surface area contributed by atoms with Gasteiger partial charge in [-0.15, -0.1) is 0 Å². The van der Waals surface area contributed by atoms with Gasteiger partial charge in [0.15, 0.2) is 6.61 Å². The van der Waals surface area contributed by atoms with E-state index in [0.29, 0.717) is 27.2 Å². The van der Waals surface area contributed by atoms with Crippen molar-refractivity contribution in [3.05, 3.63) is 100 Å². The number of ether oxygens (including phenoxy) is 1. The average molecular weight is 494 g/mol. The van der Waals surface area contributed by atoms with Crippen LogP contribution in [0.25, 0.3) is 22.2 Å². The molecule has 0 aliphatic heterocycles. The van der Waals surface area contributed by atoms with Gasteiger partial charge in [-0.3, -0.25) is 20.4 Å². The molecule has 0 aliphatic rings. The summed E-state index contributed by atoms with van der Waals surface area (Å²) >= 11 is 12.3. The Morgan fingerprint density at radius 2 is 1.47 bits per heavy atom. The number of rotatable bonds is 5. The van der Waals surface area contributed by atoms with Crippen LogP contribution < -0.4 is 10.9 Å². The summed E-state index contributed by atoms with van der Waals surface area (Å²) in [6, 6.07) is 22.2. The lowest BCUT2D eigenvalue weighted by molar-refractivity contribution is -0.125. The maximum Gasteiger partial charge on any atom is 0.339 e. The number of hydrogen-bond donors (Lipinski definition) is 2. The SMILES string of the molecule is O=C(COC(=O)c1cc(-c2ccccc2Cl)nc2ccccc12)NNC(=O)c1ccccc1Cl. The zero-order valence-corrected chi connectivity index (χ0v) is 19.1. The predicted octanol–water partition coefficient (Wildman–Crippen LogP) is 4.83. The van der Waals surface area contributed by atoms with E-state index in [1.54, 1.807) is 66.7 Å². The van der Waals surface area contributed by atoms with Crippen molar-refractivity contribution in [3.8, 4) is 11.3 Å². The molecule has 34 heavy (non-hydrogen) atoms. The van der Waals surface area contributed by atoms with Gasteiger partial charge in [0, 0.05) is 16.0 Å². The topological polar surface area (TPSA) is 97.4 Å². The standard InChI is InChI=1S/C25H17Cl2N3O4/c26-19-10-4-1-8-16(19)22-13-18(15-7-3-6-12-21(15)28-22)25(33)34-14-23(31)29-30-24(32)17-9-2-5-11-20(17)27/h1-13H,14H2,(H,29,31)(H,30,32). The van der Waals surface area contributed by atoms with Gasteiger partial charge in [-0.2, -0.15) is 0 Å². The molecule has 9 heteroatoms. The molecule has 1 heterocycles. The van der Waals surface area contributed by atoms with Gasteiger partial charge in [-0.25, -0.2) is 9.78 Å². The highest BCUT2D eigenvalue weighted by Crippen LogP contribution is 2.30. The van der Waals surface area contributed by atoms with Gasteiger partial charge in [-0.05, 0) is 30.3 Å². The molecule has 0 aliphatic carbocycles. The molecule has 170 valence electrons. The fourth-order valence-corrected chi connectivity index (χ4v) is 3.69. The van der Waals surface area contributed by atoms with Crippen molar-refractivity contribution >= 4 is 51.9 Å². The normalized spacial score (nSPS) is 10.5. The highest BCUT2D eigenvalue weighted by molar-refractivity contribution is 6.34. The van der Waals surface area contributed by atoms with Gasteiger partial charge < -0.3 is 4.74 Å². The van der Waals surface area contributed by atoms with Gasteiger partial charge in [0.1, 0.15) is 0 Å². The zero-order valence-electron chi connectivity index (χ0n) is 17.5. The van der Waals surface area contributed by atoms with E-state index in [4.69, 9.17) is 27.9 Å². The Bertz CT molecular complexity index is 1410. The molecule has 7 nitrogen and oxygen atoms in total. The number of hydrazine groups is 1. The number of amides is 2. The van der Waals surface area contributed by atoms with Crippen molar-refractivity contribution < 1.29 is 19.1 Å². The molecule has 0 saturated carbocycles. The third kappa shape index (κ3) is 5.17. The van der Waals surface area contributed by atoms with Gasteiger partial charge in [-0.1, -0.05) is 71.7 Å². The summed E-state index contributed by atoms with van der Waals surface area (Å²) in [6.07, 6.45) is 0. The van der Waals surface area contributed by atoms with Crippen LogP contribution in [0.1, 0.15) is 20.7 Å². The Kier molecular flexibility index (Phi) is 7.06. The van der Waals surface area contributed by atoms with Gasteiger partial charge in [0.25, 0.3) is 11.8 Å². The fraction of sp³-hybridized carbons (Fsp3) is 0.0400. The second-order valence-electron chi connectivity index (χ2n) is 7.11. The summed E-state index contributed by atoms with van der Waals surface area (Å²) in [5, 5.41) is 1.29. The first kappa shape index (κ1) is 23.2. The fourth-order valence-electron chi connectivity index (χ4n) is 3.24. The van der Waals surface area contributed by atoms with E-state index >= 15 is 0 Å². The van der Waals surface area contributed by atoms with E-state index in [-0.39, 0.29) is 16.1 Å². The molecule has 0 radical (unpaired) electrons. The molecule has 0 fully saturated rings. The molecule has 0 spiro atoms. The van der Waals surface area contributed by atoms with Crippen LogP contribution in [0.4, 0.5) is 0 Å². The van der Waals surface area contributed by atoms with Gasteiger partial charge >= 0.3 is 5.97 Å². The highest BCUT2D eigenvalue weighted by Gasteiger charge is 2.18. The largest absolute Gasteiger partial charge is 0.452 e. The smallest absolute Gasteiger partial charge is 0.339 e. The van der Waals surface area contributed by atoms with Crippen LogP contribution in [0, 0.1) is 0 Å². The first-order chi connectivity index (χ1) is 16.4. The Balaban J connectivity index is 1.47. The van der Waals surface area contributed by atoms with Crippen molar-refractivity contribution in [1.82, 2.24) is 15.8 Å². The van der Waals surface area contributed by atoms with Gasteiger partial charge in [0.2, 0.25) is 0 Å². The zero-order chi connectivity index (χ0) is 24.1. The Morgan fingerprint density at radius 1 is 0.794 bits per heavy atom. The number of esters is 1. The third-order valence-electron chi connectivity index (χ3n) is 4.85. The second kappa shape index (κ2) is 10.3. The van der Waals surface area contributed by atoms with Crippen molar-refractivity contribution in [2.75, 3.05) is 6.61 Å². The van der Waals surface area contributed by atoms with E-state index in [9.17, 15) is 14.4 Å². The number of para-hydroxylation sites is 1. The molecule has 2 amide bonds. The number of pyridine rings is 1. The minimum absolute atomic E-state index is 0.191. The molecule has 4 aromatic rings. The molecule has 3 aromatic carbocycles. The van der Waals surface area contributed by atoms with Crippen LogP contribution in [0.2, 0.25) is 10.0 Å². The number of carbonyl (C=O) groups excluding carboxylic acids is 3. The van der Waals surface area contributed by atoms with Crippen molar-refractivity contribution in [3.63, 3.8) is 0 Å². The highest BCUT2D eigenvalue weighted by atomic mass is 35.5. The number of hydrogen-bond acceptors (Lipinski definition) is 5. The number of carbonyl (C=O) groups is 3. The monoisotopic (exact) mass is 493 g/mol. The Labute approximate surface area is 204 Å². The van der Waals surface area contributed by atoms with E-state index in [1.807, 2.05) is 6.07 Å². The molecular formula is C25H17Cl2N3O4. The molecule has 0 atom stereocenters. The summed E-state index contributed by atoms with van der Waals surface area (Å²) in [5.74, 6) is -2.05. The minimum atomic E-state index is -0.724. The maximum atomic E-state index is 12.9. The van der Waals surface area contributed by atoms with Crippen LogP contribution in [-0.4, -0.2) is 29.4 Å². The van der Waals surface area contributed by atoms with Crippen LogP contribution in [0.15, 0.2) is 78.9 Å². The number of aromatic nitrogens is 1. The minimum Gasteiger partial charge on any atom is -0.452 e. The summed E-state index contributed by atoms with van der Waals surface area (Å²) in [4.78, 5) is 41.7. The van der Waals surface area contributed by atoms with Crippen molar-refractivity contribution in [1.29, 1.82) is 0 Å². The number of benzene rings is 3. The number of halogens is 2. The van der Waals surface area contributed by atoms with Crippen LogP contribution in [0.5, 0.6) is 0 Å². The van der Waals surface area contributed by atoms with E-state index in [2.05, 4.69) is 15.8 Å². The quantitative estimate of drug-likeness (QED) is 0.306. The molecule has 2 N–H and O–H groups in total. The number of nitrogens with one attached hydrogen (secondary N) is 2. The van der Waals surface area contributed by atoms with Crippen LogP contribution in [0.3, 0.4) is 0 Å². The van der Waals surface area contributed by atoms with E-state index in [0.717, 1.165) is 0 Å². The first-order valence-electron chi connectivity index (χ1n) is 10.1. The number of nitrogens with zero attached hydrogens (tertiary/aromatic N) is 1. The summed E-state index contributed by atoms with van der Waals surface area (Å²) in [5.41, 5.74) is 6.57. The lowest BCUT2D eigenvalue weighted by atomic mass is 10.0. The van der Waals surface area contributed by atoms with Crippen molar-refractivity contribution in [2.24, 2.45) is 0 Å². The Morgan fingerprint density at radius 3 is 2.24 bits per heavy atom. The van der Waals surface area contributed by atoms with Crippen molar-refractivity contribution in [2.45, 2.75) is 0 Å². The molecule has 0 unspecified atom stereocenters. The number of fused-ring (bicyclic) bond motifs is 1. The van der Waals surface area contributed by atoms with Crippen LogP contribution >= 0.6 is 23.2 Å². The molecule has 0 saturated heterocycles. The predicted molar refractivity (Wildman–Crippen MR) is 130 cm³/mol. The first-order valence-corrected chi connectivity index (χ1v) is 10.8. The lowest BCUT2D eigenvalue weighted by Gasteiger charge is -2.11. The van der Waals surface area contributed by atoms with Crippen LogP contribution in [-0.2, 0) is 9.53 Å². The average Bonchev–Trinajstić information content (AvgIpc) is 2.85. The molecule has 1 aromatic heterocycles. The summed E-state index contributed by atoms with van der Waals surface area (Å²) in [7, 11) is 0. The third-order valence-corrected chi connectivity index (χ3v) is 5.51. The molecular weight excluding hydrogens is 477 g/mol. The van der Waals surface area contributed by atoms with E-state index in [1.165, 1.54) is 6.07 Å². The summed E-state index contributed by atoms with van der Waals surface area (Å²) < 4.78 is 5.19. The lowest BCUT2D eigenvalue weighted by Crippen LogP contribution is -2.43. The maximum absolute atomic E-state index is 12.9. The molecule has 0 bridgehead atoms. The van der Waals surface area contributed by atoms with Gasteiger partial charge in [0.05, 0.1) is 27.4 Å². The van der Waals surface area contributed by atoms with E-state index < -0.39 is 24.4 Å². The molecule has 4 rings (SSSR count). The summed E-state index contributed by atoms with van der Waals surface area (Å²) in [6.45, 7) is -0.611. The Hall–Kier alpha value is -3.94.